The number of carbonyl (C=O) groups excluding carboxylic acids is 1. The minimum Gasteiger partial charge on any atom is -0.435 e. The first kappa shape index (κ1) is 22.4. The number of ether oxygens (including phenoxy) is 2. The van der Waals surface area contributed by atoms with Gasteiger partial charge in [-0.25, -0.2) is 0 Å². The van der Waals surface area contributed by atoms with Crippen LogP contribution in [0.25, 0.3) is 0 Å². The molecular formula is C19H25F4NO4. The highest BCUT2D eigenvalue weighted by molar-refractivity contribution is 5.77. The number of hydrogen-bond acceptors (Lipinski definition) is 4. The van der Waals surface area contributed by atoms with Crippen LogP contribution >= 0.6 is 0 Å². The van der Waals surface area contributed by atoms with Crippen molar-refractivity contribution >= 4 is 5.91 Å². The van der Waals surface area contributed by atoms with Gasteiger partial charge in [0, 0.05) is 0 Å². The van der Waals surface area contributed by atoms with Crippen LogP contribution in [0.3, 0.4) is 0 Å². The summed E-state index contributed by atoms with van der Waals surface area (Å²) in [6, 6.07) is 4.37. The van der Waals surface area contributed by atoms with Crippen molar-refractivity contribution in [3.8, 4) is 5.75 Å². The monoisotopic (exact) mass is 407 g/mol. The summed E-state index contributed by atoms with van der Waals surface area (Å²) in [6.45, 7) is -2.51. The lowest BCUT2D eigenvalue weighted by atomic mass is 9.62. The van der Waals surface area contributed by atoms with E-state index in [1.54, 1.807) is 0 Å². The van der Waals surface area contributed by atoms with Crippen molar-refractivity contribution in [3.05, 3.63) is 29.8 Å². The summed E-state index contributed by atoms with van der Waals surface area (Å²) >= 11 is 0. The number of amides is 1. The average Bonchev–Trinajstić information content (AvgIpc) is 2.55. The minimum atomic E-state index is -3.05. The lowest BCUT2D eigenvalue weighted by Crippen LogP contribution is -2.42. The molecule has 158 valence electrons. The Balaban J connectivity index is 2.01. The molecule has 0 aliphatic heterocycles. The molecule has 1 aliphatic rings. The van der Waals surface area contributed by atoms with E-state index in [1.807, 2.05) is 0 Å². The summed E-state index contributed by atoms with van der Waals surface area (Å²) in [4.78, 5) is 12.3. The molecule has 9 heteroatoms. The number of rotatable bonds is 10. The molecule has 1 saturated carbocycles. The van der Waals surface area contributed by atoms with E-state index in [0.29, 0.717) is 0 Å². The number of alkyl halides is 4. The number of benzene rings is 1. The van der Waals surface area contributed by atoms with E-state index in [2.05, 4.69) is 28.6 Å². The van der Waals surface area contributed by atoms with E-state index in [0.717, 1.165) is 12.8 Å². The van der Waals surface area contributed by atoms with Gasteiger partial charge in [-0.1, -0.05) is 26.0 Å². The van der Waals surface area contributed by atoms with Gasteiger partial charge in [0.15, 0.2) is 0 Å². The highest BCUT2D eigenvalue weighted by Crippen LogP contribution is 2.46. The molecule has 0 saturated heterocycles. The smallest absolute Gasteiger partial charge is 0.387 e. The fourth-order valence-electron chi connectivity index (χ4n) is 3.54. The number of halogens is 4. The Morgan fingerprint density at radius 3 is 2.50 bits per heavy atom. The van der Waals surface area contributed by atoms with Crippen LogP contribution in [0.5, 0.6) is 5.75 Å². The summed E-state index contributed by atoms with van der Waals surface area (Å²) in [5, 5.41) is 12.7. The van der Waals surface area contributed by atoms with Crippen LogP contribution in [0, 0.1) is 11.3 Å². The third-order valence-electron chi connectivity index (χ3n) is 4.78. The fraction of sp³-hybridized carbons (Fsp3) is 0.632. The standard InChI is InChI=1S/C19H25F4NO4/c1-19(2)8-12(9-19)15(25)7-16(26)24-14(10-27-17(20)21)11-4-3-5-13(6-11)28-18(22)23/h3-6,12,14-15,17-18,25H,7-10H2,1-2H3,(H,24,26). The second-order valence-corrected chi connectivity index (χ2v) is 7.77. The quantitative estimate of drug-likeness (QED) is 0.578. The maximum Gasteiger partial charge on any atom is 0.387 e. The van der Waals surface area contributed by atoms with Crippen LogP contribution in [0.2, 0.25) is 0 Å². The molecule has 2 N–H and O–H groups in total. The van der Waals surface area contributed by atoms with Crippen LogP contribution in [0.1, 0.15) is 44.7 Å². The summed E-state index contributed by atoms with van der Waals surface area (Å²) in [5.74, 6) is -0.694. The predicted octanol–water partition coefficient (Wildman–Crippen LogP) is 3.87. The zero-order valence-electron chi connectivity index (χ0n) is 15.7. The molecule has 1 aromatic carbocycles. The maximum absolute atomic E-state index is 12.4. The molecule has 1 amide bonds. The molecule has 0 aromatic heterocycles. The van der Waals surface area contributed by atoms with Gasteiger partial charge in [-0.3, -0.25) is 4.79 Å². The van der Waals surface area contributed by atoms with Gasteiger partial charge in [-0.2, -0.15) is 17.6 Å². The normalized spacial score (nSPS) is 18.6. The summed E-state index contributed by atoms with van der Waals surface area (Å²) < 4.78 is 58.2. The third-order valence-corrected chi connectivity index (χ3v) is 4.78. The van der Waals surface area contributed by atoms with Crippen LogP contribution < -0.4 is 10.1 Å². The van der Waals surface area contributed by atoms with E-state index >= 15 is 0 Å². The molecule has 2 unspecified atom stereocenters. The van der Waals surface area contributed by atoms with Crippen molar-refractivity contribution in [2.75, 3.05) is 6.61 Å². The third kappa shape index (κ3) is 6.94. The van der Waals surface area contributed by atoms with E-state index in [9.17, 15) is 27.5 Å². The van der Waals surface area contributed by atoms with Crippen molar-refractivity contribution in [3.63, 3.8) is 0 Å². The molecule has 1 aliphatic carbocycles. The first-order valence-corrected chi connectivity index (χ1v) is 8.98. The van der Waals surface area contributed by atoms with Gasteiger partial charge in [0.25, 0.3) is 0 Å². The lowest BCUT2D eigenvalue weighted by Gasteiger charge is -2.44. The zero-order chi connectivity index (χ0) is 20.9. The van der Waals surface area contributed by atoms with Gasteiger partial charge < -0.3 is 19.9 Å². The van der Waals surface area contributed by atoms with Crippen LogP contribution in [0.4, 0.5) is 17.6 Å². The Morgan fingerprint density at radius 2 is 1.93 bits per heavy atom. The molecular weight excluding hydrogens is 382 g/mol. The molecule has 0 bridgehead atoms. The molecule has 0 spiro atoms. The first-order valence-electron chi connectivity index (χ1n) is 8.98. The SMILES string of the molecule is CC1(C)CC(C(O)CC(=O)NC(COC(F)F)c2cccc(OC(F)F)c2)C1. The minimum absolute atomic E-state index is 0.0132. The molecule has 0 radical (unpaired) electrons. The van der Waals surface area contributed by atoms with Gasteiger partial charge in [0.1, 0.15) is 5.75 Å². The lowest BCUT2D eigenvalue weighted by molar-refractivity contribution is -0.140. The number of hydrogen-bond donors (Lipinski definition) is 2. The number of aliphatic hydroxyl groups is 1. The van der Waals surface area contributed by atoms with Gasteiger partial charge >= 0.3 is 13.2 Å². The maximum atomic E-state index is 12.4. The topological polar surface area (TPSA) is 67.8 Å². The molecule has 1 aromatic rings. The van der Waals surface area contributed by atoms with Crippen LogP contribution in [-0.2, 0) is 9.53 Å². The molecule has 5 nitrogen and oxygen atoms in total. The molecule has 28 heavy (non-hydrogen) atoms. The van der Waals surface area contributed by atoms with Crippen LogP contribution in [-0.4, -0.2) is 36.9 Å². The van der Waals surface area contributed by atoms with E-state index in [4.69, 9.17) is 0 Å². The number of aliphatic hydroxyl groups excluding tert-OH is 1. The van der Waals surface area contributed by atoms with E-state index in [-0.39, 0.29) is 29.1 Å². The Kier molecular flexibility index (Phi) is 7.65. The predicted molar refractivity (Wildman–Crippen MR) is 93.0 cm³/mol. The second kappa shape index (κ2) is 9.56. The zero-order valence-corrected chi connectivity index (χ0v) is 15.7. The molecule has 1 fully saturated rings. The Hall–Kier alpha value is -1.87. The Labute approximate surface area is 161 Å². The molecule has 2 atom stereocenters. The first-order chi connectivity index (χ1) is 13.1. The number of carbonyl (C=O) groups is 1. The average molecular weight is 407 g/mol. The van der Waals surface area contributed by atoms with Gasteiger partial charge in [0.2, 0.25) is 5.91 Å². The Morgan fingerprint density at radius 1 is 1.25 bits per heavy atom. The fourth-order valence-corrected chi connectivity index (χ4v) is 3.54. The summed E-state index contributed by atoms with van der Waals surface area (Å²) in [5.41, 5.74) is 0.410. The molecule has 0 heterocycles. The van der Waals surface area contributed by atoms with Crippen LogP contribution in [0.15, 0.2) is 24.3 Å². The highest BCUT2D eigenvalue weighted by atomic mass is 19.3. The van der Waals surface area contributed by atoms with Crippen molar-refractivity contribution < 1.29 is 36.9 Å². The van der Waals surface area contributed by atoms with E-state index < -0.39 is 37.9 Å². The van der Waals surface area contributed by atoms with Gasteiger partial charge in [0.05, 0.1) is 25.2 Å². The highest BCUT2D eigenvalue weighted by Gasteiger charge is 2.40. The Bertz CT molecular complexity index is 649. The molecule has 2 rings (SSSR count). The van der Waals surface area contributed by atoms with Crippen molar-refractivity contribution in [1.82, 2.24) is 5.32 Å². The largest absolute Gasteiger partial charge is 0.435 e. The summed E-state index contributed by atoms with van der Waals surface area (Å²) in [6.07, 6.45) is 0.580. The van der Waals surface area contributed by atoms with E-state index in [1.165, 1.54) is 24.3 Å². The number of nitrogens with one attached hydrogen (secondary N) is 1. The van der Waals surface area contributed by atoms with Gasteiger partial charge in [-0.05, 0) is 41.9 Å². The van der Waals surface area contributed by atoms with Crippen molar-refractivity contribution in [1.29, 1.82) is 0 Å². The van der Waals surface area contributed by atoms with Gasteiger partial charge in [-0.15, -0.1) is 0 Å². The summed E-state index contributed by atoms with van der Waals surface area (Å²) in [7, 11) is 0. The second-order valence-electron chi connectivity index (χ2n) is 7.77. The van der Waals surface area contributed by atoms with Crippen molar-refractivity contribution in [2.24, 2.45) is 11.3 Å². The van der Waals surface area contributed by atoms with Crippen molar-refractivity contribution in [2.45, 2.75) is 58.5 Å².